The number of rotatable bonds is 5. The van der Waals surface area contributed by atoms with Crippen LogP contribution < -0.4 is 11.1 Å². The van der Waals surface area contributed by atoms with Crippen LogP contribution in [0.25, 0.3) is 0 Å². The summed E-state index contributed by atoms with van der Waals surface area (Å²) in [6.07, 6.45) is 3.25. The second kappa shape index (κ2) is 5.49. The van der Waals surface area contributed by atoms with E-state index < -0.39 is 17.6 Å². The van der Waals surface area contributed by atoms with Gasteiger partial charge in [0, 0.05) is 0 Å². The van der Waals surface area contributed by atoms with Crippen LogP contribution in [0.2, 0.25) is 0 Å². The standard InChI is InChI=1S/C12H22N2O3/c1-8(2)7-9(13)10(15)14-12(11(16)17)5-3-4-6-12/h8-9H,3-7,13H2,1-2H3,(H,14,15)(H,16,17). The molecule has 0 aromatic rings. The average molecular weight is 242 g/mol. The van der Waals surface area contributed by atoms with E-state index in [-0.39, 0.29) is 5.91 Å². The Morgan fingerprint density at radius 3 is 2.29 bits per heavy atom. The Morgan fingerprint density at radius 2 is 1.88 bits per heavy atom. The van der Waals surface area contributed by atoms with Crippen LogP contribution in [0.4, 0.5) is 0 Å². The van der Waals surface area contributed by atoms with Gasteiger partial charge in [0.25, 0.3) is 0 Å². The van der Waals surface area contributed by atoms with Crippen LogP contribution in [0.3, 0.4) is 0 Å². The highest BCUT2D eigenvalue weighted by atomic mass is 16.4. The van der Waals surface area contributed by atoms with Crippen LogP contribution in [0.15, 0.2) is 0 Å². The minimum Gasteiger partial charge on any atom is -0.480 e. The lowest BCUT2D eigenvalue weighted by molar-refractivity contribution is -0.147. The number of carbonyl (C=O) groups excluding carboxylic acids is 1. The fourth-order valence-corrected chi connectivity index (χ4v) is 2.31. The number of amides is 1. The van der Waals surface area contributed by atoms with Crippen molar-refractivity contribution in [1.29, 1.82) is 0 Å². The van der Waals surface area contributed by atoms with E-state index >= 15 is 0 Å². The van der Waals surface area contributed by atoms with Crippen LogP contribution in [0.5, 0.6) is 0 Å². The molecule has 0 aromatic carbocycles. The third kappa shape index (κ3) is 3.43. The first-order valence-electron chi connectivity index (χ1n) is 6.18. The van der Waals surface area contributed by atoms with Gasteiger partial charge < -0.3 is 16.2 Å². The molecule has 0 saturated heterocycles. The molecule has 1 aliphatic rings. The molecular formula is C12H22N2O3. The molecule has 1 saturated carbocycles. The second-order valence-electron chi connectivity index (χ2n) is 5.32. The molecular weight excluding hydrogens is 220 g/mol. The van der Waals surface area contributed by atoms with E-state index in [4.69, 9.17) is 5.73 Å². The highest BCUT2D eigenvalue weighted by Gasteiger charge is 2.43. The van der Waals surface area contributed by atoms with E-state index in [1.54, 1.807) is 0 Å². The number of nitrogens with two attached hydrogens (primary N) is 1. The molecule has 0 spiro atoms. The Hall–Kier alpha value is -1.10. The van der Waals surface area contributed by atoms with Gasteiger partial charge in [0.1, 0.15) is 5.54 Å². The number of nitrogens with one attached hydrogen (secondary N) is 1. The Morgan fingerprint density at radius 1 is 1.35 bits per heavy atom. The van der Waals surface area contributed by atoms with Gasteiger partial charge in [-0.2, -0.15) is 0 Å². The Labute approximate surface area is 102 Å². The van der Waals surface area contributed by atoms with E-state index in [9.17, 15) is 14.7 Å². The lowest BCUT2D eigenvalue weighted by Gasteiger charge is -2.27. The highest BCUT2D eigenvalue weighted by Crippen LogP contribution is 2.30. The summed E-state index contributed by atoms with van der Waals surface area (Å²) in [5, 5.41) is 11.9. The summed E-state index contributed by atoms with van der Waals surface area (Å²) in [7, 11) is 0. The first-order valence-corrected chi connectivity index (χ1v) is 6.18. The summed E-state index contributed by atoms with van der Waals surface area (Å²) in [6.45, 7) is 3.96. The van der Waals surface area contributed by atoms with Crippen molar-refractivity contribution in [2.24, 2.45) is 11.7 Å². The van der Waals surface area contributed by atoms with Crippen molar-refractivity contribution in [2.45, 2.75) is 57.5 Å². The van der Waals surface area contributed by atoms with E-state index in [1.165, 1.54) is 0 Å². The fourth-order valence-electron chi connectivity index (χ4n) is 2.31. The van der Waals surface area contributed by atoms with Crippen molar-refractivity contribution < 1.29 is 14.7 Å². The summed E-state index contributed by atoms with van der Waals surface area (Å²) in [5.41, 5.74) is 4.67. The van der Waals surface area contributed by atoms with Crippen molar-refractivity contribution in [1.82, 2.24) is 5.32 Å². The number of hydrogen-bond acceptors (Lipinski definition) is 3. The van der Waals surface area contributed by atoms with Gasteiger partial charge in [-0.05, 0) is 25.2 Å². The van der Waals surface area contributed by atoms with Crippen LogP contribution >= 0.6 is 0 Å². The van der Waals surface area contributed by atoms with Crippen molar-refractivity contribution >= 4 is 11.9 Å². The molecule has 1 rings (SSSR count). The van der Waals surface area contributed by atoms with Gasteiger partial charge in [-0.25, -0.2) is 4.79 Å². The zero-order valence-corrected chi connectivity index (χ0v) is 10.5. The smallest absolute Gasteiger partial charge is 0.329 e. The maximum atomic E-state index is 11.8. The summed E-state index contributed by atoms with van der Waals surface area (Å²) in [5.74, 6) is -0.969. The van der Waals surface area contributed by atoms with E-state index in [0.717, 1.165) is 12.8 Å². The van der Waals surface area contributed by atoms with E-state index in [1.807, 2.05) is 13.8 Å². The summed E-state index contributed by atoms with van der Waals surface area (Å²) >= 11 is 0. The predicted octanol–water partition coefficient (Wildman–Crippen LogP) is 0.873. The Bertz CT molecular complexity index is 296. The molecule has 0 aromatic heterocycles. The molecule has 0 aliphatic heterocycles. The summed E-state index contributed by atoms with van der Waals surface area (Å²) in [6, 6.07) is -0.619. The van der Waals surface area contributed by atoms with Crippen LogP contribution in [0.1, 0.15) is 46.0 Å². The van der Waals surface area contributed by atoms with Crippen LogP contribution in [-0.2, 0) is 9.59 Å². The predicted molar refractivity (Wildman–Crippen MR) is 64.4 cm³/mol. The summed E-state index contributed by atoms with van der Waals surface area (Å²) < 4.78 is 0. The van der Waals surface area contributed by atoms with Crippen molar-refractivity contribution in [3.8, 4) is 0 Å². The topological polar surface area (TPSA) is 92.4 Å². The molecule has 1 unspecified atom stereocenters. The van der Waals surface area contributed by atoms with Gasteiger partial charge in [0.05, 0.1) is 6.04 Å². The molecule has 0 radical (unpaired) electrons. The number of aliphatic carboxylic acids is 1. The SMILES string of the molecule is CC(C)CC(N)C(=O)NC1(C(=O)O)CCCC1. The zero-order chi connectivity index (χ0) is 13.1. The van der Waals surface area contributed by atoms with Gasteiger partial charge in [0.2, 0.25) is 5.91 Å². The monoisotopic (exact) mass is 242 g/mol. The molecule has 0 bridgehead atoms. The van der Waals surface area contributed by atoms with Gasteiger partial charge in [-0.1, -0.05) is 26.7 Å². The number of hydrogen-bond donors (Lipinski definition) is 3. The normalized spacial score (nSPS) is 20.2. The molecule has 4 N–H and O–H groups in total. The first-order chi connectivity index (χ1) is 7.87. The summed E-state index contributed by atoms with van der Waals surface area (Å²) in [4.78, 5) is 23.1. The number of carbonyl (C=O) groups is 2. The van der Waals surface area contributed by atoms with Gasteiger partial charge in [-0.3, -0.25) is 4.79 Å². The maximum Gasteiger partial charge on any atom is 0.329 e. The first kappa shape index (κ1) is 14.0. The molecule has 98 valence electrons. The fraction of sp³-hybridized carbons (Fsp3) is 0.833. The largest absolute Gasteiger partial charge is 0.480 e. The molecule has 1 atom stereocenters. The van der Waals surface area contributed by atoms with Crippen molar-refractivity contribution in [3.63, 3.8) is 0 Å². The lowest BCUT2D eigenvalue weighted by atomic mass is 9.96. The van der Waals surface area contributed by atoms with Gasteiger partial charge >= 0.3 is 5.97 Å². The molecule has 1 amide bonds. The second-order valence-corrected chi connectivity index (χ2v) is 5.32. The van der Waals surface area contributed by atoms with Crippen molar-refractivity contribution in [3.05, 3.63) is 0 Å². The van der Waals surface area contributed by atoms with Crippen LogP contribution in [-0.4, -0.2) is 28.6 Å². The minimum atomic E-state index is -1.08. The Balaban J connectivity index is 2.62. The average Bonchev–Trinajstić information content (AvgIpc) is 2.66. The Kier molecular flexibility index (Phi) is 4.51. The maximum absolute atomic E-state index is 11.8. The molecule has 0 heterocycles. The van der Waals surface area contributed by atoms with Gasteiger partial charge in [-0.15, -0.1) is 0 Å². The quantitative estimate of drug-likeness (QED) is 0.667. The number of carboxylic acid groups (broad SMARTS) is 1. The molecule has 1 aliphatic carbocycles. The lowest BCUT2D eigenvalue weighted by Crippen LogP contribution is -2.56. The van der Waals surface area contributed by atoms with Crippen LogP contribution in [0, 0.1) is 5.92 Å². The molecule has 5 heteroatoms. The molecule has 1 fully saturated rings. The van der Waals surface area contributed by atoms with E-state index in [2.05, 4.69) is 5.32 Å². The van der Waals surface area contributed by atoms with Gasteiger partial charge in [0.15, 0.2) is 0 Å². The minimum absolute atomic E-state index is 0.320. The van der Waals surface area contributed by atoms with Crippen molar-refractivity contribution in [2.75, 3.05) is 0 Å². The highest BCUT2D eigenvalue weighted by molar-refractivity contribution is 5.89. The third-order valence-electron chi connectivity index (χ3n) is 3.29. The molecule has 17 heavy (non-hydrogen) atoms. The number of carboxylic acids is 1. The third-order valence-corrected chi connectivity index (χ3v) is 3.29. The zero-order valence-electron chi connectivity index (χ0n) is 10.5. The van der Waals surface area contributed by atoms with E-state index in [0.29, 0.717) is 25.2 Å². The molecule has 5 nitrogen and oxygen atoms in total.